The number of benzene rings is 1. The summed E-state index contributed by atoms with van der Waals surface area (Å²) in [7, 11) is 0. The standard InChI is InChI=1S/C17H20ClFN2O4/c1-11(22)21(10-16(23)24)13-3-2-7-20(8-6-13)17(25)12-4-5-15(19)14(18)9-12/h4-5,9,13H,2-3,6-8,10H2,1H3,(H,23,24). The highest BCUT2D eigenvalue weighted by Crippen LogP contribution is 2.21. The number of nitrogens with zero attached hydrogens (tertiary/aromatic N) is 2. The lowest BCUT2D eigenvalue weighted by Gasteiger charge is -2.28. The average molecular weight is 371 g/mol. The first-order valence-electron chi connectivity index (χ1n) is 8.03. The van der Waals surface area contributed by atoms with Crippen LogP contribution >= 0.6 is 11.6 Å². The molecule has 136 valence electrons. The molecule has 0 aromatic heterocycles. The van der Waals surface area contributed by atoms with Crippen LogP contribution < -0.4 is 0 Å². The molecule has 1 aliphatic heterocycles. The van der Waals surface area contributed by atoms with Gasteiger partial charge in [0.1, 0.15) is 12.4 Å². The van der Waals surface area contributed by atoms with Crippen molar-refractivity contribution in [3.05, 3.63) is 34.6 Å². The van der Waals surface area contributed by atoms with Gasteiger partial charge in [0, 0.05) is 31.6 Å². The van der Waals surface area contributed by atoms with Gasteiger partial charge >= 0.3 is 5.97 Å². The molecule has 6 nitrogen and oxygen atoms in total. The molecule has 2 amide bonds. The maximum absolute atomic E-state index is 13.2. The van der Waals surface area contributed by atoms with E-state index in [0.717, 1.165) is 6.07 Å². The van der Waals surface area contributed by atoms with Crippen LogP contribution in [0.2, 0.25) is 5.02 Å². The number of carboxylic acid groups (broad SMARTS) is 1. The van der Waals surface area contributed by atoms with E-state index in [-0.39, 0.29) is 29.4 Å². The molecule has 0 saturated carbocycles. The number of rotatable bonds is 4. The third-order valence-electron chi connectivity index (χ3n) is 4.30. The Morgan fingerprint density at radius 3 is 2.64 bits per heavy atom. The highest BCUT2D eigenvalue weighted by Gasteiger charge is 2.28. The van der Waals surface area contributed by atoms with Gasteiger partial charge in [-0.15, -0.1) is 0 Å². The van der Waals surface area contributed by atoms with Crippen LogP contribution in [0.5, 0.6) is 0 Å². The van der Waals surface area contributed by atoms with Crippen LogP contribution in [0.1, 0.15) is 36.5 Å². The summed E-state index contributed by atoms with van der Waals surface area (Å²) in [5.74, 6) is -2.19. The molecule has 1 N–H and O–H groups in total. The van der Waals surface area contributed by atoms with Crippen molar-refractivity contribution in [1.29, 1.82) is 0 Å². The molecule has 2 rings (SSSR count). The van der Waals surface area contributed by atoms with E-state index < -0.39 is 11.8 Å². The van der Waals surface area contributed by atoms with Gasteiger partial charge in [-0.25, -0.2) is 4.39 Å². The van der Waals surface area contributed by atoms with Gasteiger partial charge in [-0.3, -0.25) is 14.4 Å². The van der Waals surface area contributed by atoms with Crippen molar-refractivity contribution in [2.75, 3.05) is 19.6 Å². The molecule has 1 aromatic rings. The van der Waals surface area contributed by atoms with Crippen molar-refractivity contribution in [1.82, 2.24) is 9.80 Å². The molecule has 1 unspecified atom stereocenters. The Bertz CT molecular complexity index is 683. The Morgan fingerprint density at radius 2 is 2.04 bits per heavy atom. The summed E-state index contributed by atoms with van der Waals surface area (Å²) in [4.78, 5) is 38.2. The number of halogens is 2. The van der Waals surface area contributed by atoms with Crippen molar-refractivity contribution < 1.29 is 23.9 Å². The second-order valence-corrected chi connectivity index (χ2v) is 6.45. The third-order valence-corrected chi connectivity index (χ3v) is 4.59. The predicted molar refractivity (Wildman–Crippen MR) is 90.0 cm³/mol. The van der Waals surface area contributed by atoms with Crippen LogP contribution in [-0.2, 0) is 9.59 Å². The fourth-order valence-corrected chi connectivity index (χ4v) is 3.23. The van der Waals surface area contributed by atoms with E-state index >= 15 is 0 Å². The molecule has 1 fully saturated rings. The van der Waals surface area contributed by atoms with Gasteiger partial charge in [0.25, 0.3) is 5.91 Å². The first kappa shape index (κ1) is 19.2. The summed E-state index contributed by atoms with van der Waals surface area (Å²) >= 11 is 5.73. The number of carbonyl (C=O) groups excluding carboxylic acids is 2. The quantitative estimate of drug-likeness (QED) is 0.882. The van der Waals surface area contributed by atoms with E-state index in [9.17, 15) is 18.8 Å². The minimum atomic E-state index is -1.06. The predicted octanol–water partition coefficient (Wildman–Crippen LogP) is 2.41. The van der Waals surface area contributed by atoms with Crippen molar-refractivity contribution in [3.8, 4) is 0 Å². The number of carboxylic acids is 1. The van der Waals surface area contributed by atoms with Crippen molar-refractivity contribution in [3.63, 3.8) is 0 Å². The Hall–Kier alpha value is -2.15. The molecule has 1 atom stereocenters. The monoisotopic (exact) mass is 370 g/mol. The van der Waals surface area contributed by atoms with Crippen LogP contribution in [-0.4, -0.2) is 58.4 Å². The second kappa shape index (κ2) is 8.29. The van der Waals surface area contributed by atoms with Gasteiger partial charge in [0.15, 0.2) is 0 Å². The number of hydrogen-bond acceptors (Lipinski definition) is 3. The molecule has 1 aliphatic rings. The zero-order valence-electron chi connectivity index (χ0n) is 13.9. The largest absolute Gasteiger partial charge is 0.480 e. The van der Waals surface area contributed by atoms with E-state index in [4.69, 9.17) is 16.7 Å². The van der Waals surface area contributed by atoms with Gasteiger partial charge in [0.05, 0.1) is 5.02 Å². The van der Waals surface area contributed by atoms with E-state index in [0.29, 0.717) is 37.9 Å². The lowest BCUT2D eigenvalue weighted by molar-refractivity contribution is -0.145. The summed E-state index contributed by atoms with van der Waals surface area (Å²) in [6, 6.07) is 3.62. The number of aliphatic carboxylic acids is 1. The summed E-state index contributed by atoms with van der Waals surface area (Å²) in [6.45, 7) is 1.88. The first-order valence-corrected chi connectivity index (χ1v) is 8.40. The number of hydrogen-bond donors (Lipinski definition) is 1. The van der Waals surface area contributed by atoms with E-state index in [1.165, 1.54) is 24.0 Å². The highest BCUT2D eigenvalue weighted by molar-refractivity contribution is 6.31. The second-order valence-electron chi connectivity index (χ2n) is 6.05. The Balaban J connectivity index is 2.07. The molecular formula is C17H20ClFN2O4. The van der Waals surface area contributed by atoms with Gasteiger partial charge in [-0.05, 0) is 37.5 Å². The maximum atomic E-state index is 13.2. The molecule has 0 radical (unpaired) electrons. The molecular weight excluding hydrogens is 351 g/mol. The Labute approximate surface area is 150 Å². The fraction of sp³-hybridized carbons (Fsp3) is 0.471. The van der Waals surface area contributed by atoms with Crippen LogP contribution in [0.25, 0.3) is 0 Å². The summed E-state index contributed by atoms with van der Waals surface area (Å²) in [6.07, 6.45) is 1.77. The topological polar surface area (TPSA) is 77.9 Å². The van der Waals surface area contributed by atoms with Crippen molar-refractivity contribution in [2.45, 2.75) is 32.2 Å². The Kier molecular flexibility index (Phi) is 6.36. The number of amides is 2. The van der Waals surface area contributed by atoms with E-state index in [1.54, 1.807) is 4.90 Å². The molecule has 0 spiro atoms. The number of likely N-dealkylation sites (tertiary alicyclic amines) is 1. The van der Waals surface area contributed by atoms with Crippen LogP contribution in [0.3, 0.4) is 0 Å². The van der Waals surface area contributed by atoms with Gasteiger partial charge in [-0.2, -0.15) is 0 Å². The molecule has 25 heavy (non-hydrogen) atoms. The third kappa shape index (κ3) is 4.92. The van der Waals surface area contributed by atoms with Crippen LogP contribution in [0.15, 0.2) is 18.2 Å². The van der Waals surface area contributed by atoms with Gasteiger partial charge in [-0.1, -0.05) is 11.6 Å². The fourth-order valence-electron chi connectivity index (χ4n) is 3.05. The van der Waals surface area contributed by atoms with Crippen molar-refractivity contribution in [2.24, 2.45) is 0 Å². The molecule has 1 saturated heterocycles. The van der Waals surface area contributed by atoms with E-state index in [1.807, 2.05) is 0 Å². The minimum absolute atomic E-state index is 0.109. The lowest BCUT2D eigenvalue weighted by Crippen LogP contribution is -2.43. The smallest absolute Gasteiger partial charge is 0.323 e. The summed E-state index contributed by atoms with van der Waals surface area (Å²) in [5.41, 5.74) is 0.304. The first-order chi connectivity index (χ1) is 11.8. The average Bonchev–Trinajstić information content (AvgIpc) is 2.80. The molecule has 1 aromatic carbocycles. The normalized spacial score (nSPS) is 17.7. The molecule has 0 bridgehead atoms. The van der Waals surface area contributed by atoms with Crippen LogP contribution in [0.4, 0.5) is 4.39 Å². The number of carbonyl (C=O) groups is 3. The zero-order chi connectivity index (χ0) is 18.6. The molecule has 1 heterocycles. The van der Waals surface area contributed by atoms with Crippen LogP contribution in [0, 0.1) is 5.82 Å². The zero-order valence-corrected chi connectivity index (χ0v) is 14.6. The minimum Gasteiger partial charge on any atom is -0.480 e. The molecule has 0 aliphatic carbocycles. The summed E-state index contributed by atoms with van der Waals surface area (Å²) in [5, 5.41) is 8.86. The SMILES string of the molecule is CC(=O)N(CC(=O)O)C1CCCN(C(=O)c2ccc(F)c(Cl)c2)CC1. The summed E-state index contributed by atoms with van der Waals surface area (Å²) < 4.78 is 13.2. The van der Waals surface area contributed by atoms with E-state index in [2.05, 4.69) is 0 Å². The van der Waals surface area contributed by atoms with Crippen molar-refractivity contribution >= 4 is 29.4 Å². The van der Waals surface area contributed by atoms with Gasteiger partial charge in [0.2, 0.25) is 5.91 Å². The molecule has 8 heteroatoms. The lowest BCUT2D eigenvalue weighted by atomic mass is 10.1. The highest BCUT2D eigenvalue weighted by atomic mass is 35.5. The van der Waals surface area contributed by atoms with Gasteiger partial charge < -0.3 is 14.9 Å². The maximum Gasteiger partial charge on any atom is 0.323 e. The Morgan fingerprint density at radius 1 is 1.32 bits per heavy atom.